The predicted octanol–water partition coefficient (Wildman–Crippen LogP) is 2.99. The Morgan fingerprint density at radius 2 is 2.06 bits per heavy atom. The molecule has 1 fully saturated rings. The molecule has 0 bridgehead atoms. The Balaban J connectivity index is 1.60. The molecule has 1 saturated heterocycles. The van der Waals surface area contributed by atoms with Crippen LogP contribution in [-0.2, 0) is 10.5 Å². The Hall–Kier alpha value is -0.510. The zero-order valence-corrected chi connectivity index (χ0v) is 11.5. The fourth-order valence-electron chi connectivity index (χ4n) is 2.81. The highest BCUT2D eigenvalue weighted by Crippen LogP contribution is 2.31. The van der Waals surface area contributed by atoms with Crippen LogP contribution < -0.4 is 5.32 Å². The van der Waals surface area contributed by atoms with E-state index in [2.05, 4.69) is 29.6 Å². The van der Waals surface area contributed by atoms with E-state index in [4.69, 9.17) is 4.74 Å². The van der Waals surface area contributed by atoms with E-state index in [0.29, 0.717) is 6.04 Å². The SMILES string of the molecule is c1ccc2c(c1)CSCC2NCC1CCOCC1. The standard InChI is InChI=1S/C15H21NOS/c1-2-4-14-13(3-1)10-18-11-15(14)16-9-12-5-7-17-8-6-12/h1-4,12,15-16H,5-11H2. The second kappa shape index (κ2) is 6.09. The molecule has 1 unspecified atom stereocenters. The van der Waals surface area contributed by atoms with Crippen molar-refractivity contribution in [3.05, 3.63) is 35.4 Å². The van der Waals surface area contributed by atoms with Gasteiger partial charge in [0.15, 0.2) is 0 Å². The Labute approximate surface area is 113 Å². The second-order valence-electron chi connectivity index (χ2n) is 5.23. The number of thioether (sulfide) groups is 1. The van der Waals surface area contributed by atoms with Gasteiger partial charge in [0.25, 0.3) is 0 Å². The van der Waals surface area contributed by atoms with Crippen molar-refractivity contribution < 1.29 is 4.74 Å². The molecule has 2 aliphatic heterocycles. The first-order valence-electron chi connectivity index (χ1n) is 6.90. The van der Waals surface area contributed by atoms with Gasteiger partial charge in [0, 0.05) is 30.8 Å². The Morgan fingerprint density at radius 1 is 1.22 bits per heavy atom. The molecule has 0 aliphatic carbocycles. The number of hydrogen-bond acceptors (Lipinski definition) is 3. The van der Waals surface area contributed by atoms with Gasteiger partial charge in [-0.3, -0.25) is 0 Å². The highest BCUT2D eigenvalue weighted by Gasteiger charge is 2.21. The van der Waals surface area contributed by atoms with Crippen LogP contribution in [0.15, 0.2) is 24.3 Å². The topological polar surface area (TPSA) is 21.3 Å². The van der Waals surface area contributed by atoms with Crippen molar-refractivity contribution >= 4 is 11.8 Å². The molecule has 98 valence electrons. The molecular formula is C15H21NOS. The van der Waals surface area contributed by atoms with Gasteiger partial charge >= 0.3 is 0 Å². The van der Waals surface area contributed by atoms with Crippen molar-refractivity contribution in [2.24, 2.45) is 5.92 Å². The molecule has 1 N–H and O–H groups in total. The highest BCUT2D eigenvalue weighted by atomic mass is 32.2. The first-order valence-corrected chi connectivity index (χ1v) is 8.05. The summed E-state index contributed by atoms with van der Waals surface area (Å²) in [6.45, 7) is 3.04. The van der Waals surface area contributed by atoms with E-state index < -0.39 is 0 Å². The summed E-state index contributed by atoms with van der Waals surface area (Å²) in [4.78, 5) is 0. The molecule has 2 heterocycles. The summed E-state index contributed by atoms with van der Waals surface area (Å²) in [6, 6.07) is 9.42. The van der Waals surface area contributed by atoms with Crippen LogP contribution in [0.25, 0.3) is 0 Å². The van der Waals surface area contributed by atoms with Crippen LogP contribution in [-0.4, -0.2) is 25.5 Å². The number of fused-ring (bicyclic) bond motifs is 1. The van der Waals surface area contributed by atoms with Gasteiger partial charge in [-0.25, -0.2) is 0 Å². The summed E-state index contributed by atoms with van der Waals surface area (Å²) in [7, 11) is 0. The van der Waals surface area contributed by atoms with Crippen molar-refractivity contribution in [1.82, 2.24) is 5.32 Å². The quantitative estimate of drug-likeness (QED) is 0.906. The van der Waals surface area contributed by atoms with E-state index in [1.807, 2.05) is 11.8 Å². The summed E-state index contributed by atoms with van der Waals surface area (Å²) in [5, 5.41) is 3.77. The molecule has 0 radical (unpaired) electrons. The lowest BCUT2D eigenvalue weighted by Gasteiger charge is -2.29. The fourth-order valence-corrected chi connectivity index (χ4v) is 3.94. The maximum atomic E-state index is 5.42. The first-order chi connectivity index (χ1) is 8.93. The summed E-state index contributed by atoms with van der Waals surface area (Å²) in [5.41, 5.74) is 3.03. The molecule has 2 aliphatic rings. The van der Waals surface area contributed by atoms with E-state index in [1.54, 1.807) is 0 Å². The second-order valence-corrected chi connectivity index (χ2v) is 6.26. The average Bonchev–Trinajstić information content (AvgIpc) is 2.46. The molecule has 3 heteroatoms. The van der Waals surface area contributed by atoms with E-state index >= 15 is 0 Å². The van der Waals surface area contributed by atoms with E-state index in [9.17, 15) is 0 Å². The van der Waals surface area contributed by atoms with E-state index in [0.717, 1.165) is 25.7 Å². The van der Waals surface area contributed by atoms with Gasteiger partial charge in [0.05, 0.1) is 0 Å². The maximum Gasteiger partial charge on any atom is 0.0469 e. The molecule has 1 aromatic rings. The third kappa shape index (κ3) is 2.90. The number of hydrogen-bond donors (Lipinski definition) is 1. The first kappa shape index (κ1) is 12.5. The average molecular weight is 263 g/mol. The lowest BCUT2D eigenvalue weighted by atomic mass is 9.98. The zero-order chi connectivity index (χ0) is 12.2. The van der Waals surface area contributed by atoms with Gasteiger partial charge < -0.3 is 10.1 Å². The minimum absolute atomic E-state index is 0.544. The van der Waals surface area contributed by atoms with Crippen LogP contribution in [0.1, 0.15) is 30.0 Å². The number of nitrogens with one attached hydrogen (secondary N) is 1. The van der Waals surface area contributed by atoms with Crippen LogP contribution in [0.4, 0.5) is 0 Å². The van der Waals surface area contributed by atoms with Crippen molar-refractivity contribution in [2.45, 2.75) is 24.6 Å². The van der Waals surface area contributed by atoms with Crippen LogP contribution in [0.5, 0.6) is 0 Å². The van der Waals surface area contributed by atoms with E-state index in [1.165, 1.54) is 35.5 Å². The maximum absolute atomic E-state index is 5.42. The van der Waals surface area contributed by atoms with Gasteiger partial charge in [-0.15, -0.1) is 0 Å². The van der Waals surface area contributed by atoms with Crippen LogP contribution >= 0.6 is 11.8 Å². The number of benzene rings is 1. The summed E-state index contributed by atoms with van der Waals surface area (Å²) >= 11 is 2.05. The van der Waals surface area contributed by atoms with Gasteiger partial charge in [0.2, 0.25) is 0 Å². The Kier molecular flexibility index (Phi) is 4.24. The number of rotatable bonds is 3. The van der Waals surface area contributed by atoms with Gasteiger partial charge in [0.1, 0.15) is 0 Å². The molecule has 0 spiro atoms. The molecule has 3 rings (SSSR count). The molecule has 0 saturated carbocycles. The normalized spacial score (nSPS) is 24.8. The highest BCUT2D eigenvalue weighted by molar-refractivity contribution is 7.98. The smallest absolute Gasteiger partial charge is 0.0469 e. The molecular weight excluding hydrogens is 242 g/mol. The van der Waals surface area contributed by atoms with Crippen molar-refractivity contribution in [3.63, 3.8) is 0 Å². The Bertz CT molecular complexity index is 390. The van der Waals surface area contributed by atoms with Crippen LogP contribution in [0, 0.1) is 5.92 Å². The molecule has 0 amide bonds. The molecule has 1 aromatic carbocycles. The van der Waals surface area contributed by atoms with Crippen LogP contribution in [0.2, 0.25) is 0 Å². The fraction of sp³-hybridized carbons (Fsp3) is 0.600. The minimum Gasteiger partial charge on any atom is -0.381 e. The van der Waals surface area contributed by atoms with Crippen molar-refractivity contribution in [3.8, 4) is 0 Å². The molecule has 1 atom stereocenters. The Morgan fingerprint density at radius 3 is 2.94 bits per heavy atom. The van der Waals surface area contributed by atoms with Crippen molar-refractivity contribution in [1.29, 1.82) is 0 Å². The lowest BCUT2D eigenvalue weighted by Crippen LogP contribution is -2.33. The lowest BCUT2D eigenvalue weighted by molar-refractivity contribution is 0.0656. The van der Waals surface area contributed by atoms with Crippen LogP contribution in [0.3, 0.4) is 0 Å². The molecule has 0 aromatic heterocycles. The minimum atomic E-state index is 0.544. The largest absolute Gasteiger partial charge is 0.381 e. The van der Waals surface area contributed by atoms with Gasteiger partial charge in [-0.2, -0.15) is 11.8 Å². The third-order valence-electron chi connectivity index (χ3n) is 3.97. The zero-order valence-electron chi connectivity index (χ0n) is 10.7. The monoisotopic (exact) mass is 263 g/mol. The number of ether oxygens (including phenoxy) is 1. The van der Waals surface area contributed by atoms with Crippen molar-refractivity contribution in [2.75, 3.05) is 25.5 Å². The molecule has 2 nitrogen and oxygen atoms in total. The predicted molar refractivity (Wildman–Crippen MR) is 76.9 cm³/mol. The summed E-state index contributed by atoms with van der Waals surface area (Å²) in [5.74, 6) is 3.18. The summed E-state index contributed by atoms with van der Waals surface area (Å²) in [6.07, 6.45) is 2.43. The summed E-state index contributed by atoms with van der Waals surface area (Å²) < 4.78 is 5.42. The molecule has 18 heavy (non-hydrogen) atoms. The third-order valence-corrected chi connectivity index (χ3v) is 5.05. The van der Waals surface area contributed by atoms with E-state index in [-0.39, 0.29) is 0 Å². The van der Waals surface area contributed by atoms with Gasteiger partial charge in [-0.1, -0.05) is 24.3 Å². The van der Waals surface area contributed by atoms with Gasteiger partial charge in [-0.05, 0) is 36.4 Å².